The summed E-state index contributed by atoms with van der Waals surface area (Å²) in [6.45, 7) is 7.03. The molecule has 0 unspecified atom stereocenters. The molecule has 5 nitrogen and oxygen atoms in total. The molecule has 5 heteroatoms. The summed E-state index contributed by atoms with van der Waals surface area (Å²) >= 11 is 0. The number of rotatable bonds is 6. The van der Waals surface area contributed by atoms with Gasteiger partial charge in [-0.15, -0.1) is 0 Å². The van der Waals surface area contributed by atoms with Gasteiger partial charge in [-0.25, -0.2) is 4.98 Å². The minimum absolute atomic E-state index is 0.314. The average molecular weight is 369 g/mol. The second kappa shape index (κ2) is 9.00. The van der Waals surface area contributed by atoms with Gasteiger partial charge in [0.25, 0.3) is 0 Å². The Kier molecular flexibility index (Phi) is 6.22. The van der Waals surface area contributed by atoms with Crippen molar-refractivity contribution in [1.29, 1.82) is 0 Å². The molecular weight excluding hydrogens is 336 g/mol. The zero-order valence-corrected chi connectivity index (χ0v) is 16.2. The van der Waals surface area contributed by atoms with Crippen LogP contribution in [0.5, 0.6) is 0 Å². The number of hydrogen-bond donors (Lipinski definition) is 1. The molecule has 146 valence electrons. The fourth-order valence-electron chi connectivity index (χ4n) is 4.67. The van der Waals surface area contributed by atoms with Crippen molar-refractivity contribution in [2.45, 2.75) is 32.2 Å². The number of aliphatic hydroxyl groups excluding tert-OH is 1. The fourth-order valence-corrected chi connectivity index (χ4v) is 4.67. The SMILES string of the molecule is OC[C@H]1CN(Cc2ccc(-n3ccnc3)cc2)C[C@H]1CN1CCCCCC1. The van der Waals surface area contributed by atoms with Crippen LogP contribution >= 0.6 is 0 Å². The van der Waals surface area contributed by atoms with E-state index in [1.807, 2.05) is 17.1 Å². The number of likely N-dealkylation sites (tertiary alicyclic amines) is 2. The van der Waals surface area contributed by atoms with Crippen LogP contribution in [0.3, 0.4) is 0 Å². The minimum Gasteiger partial charge on any atom is -0.396 e. The van der Waals surface area contributed by atoms with Gasteiger partial charge in [-0.05, 0) is 55.5 Å². The third-order valence-corrected chi connectivity index (χ3v) is 6.22. The van der Waals surface area contributed by atoms with E-state index in [0.29, 0.717) is 18.4 Å². The Morgan fingerprint density at radius 2 is 1.67 bits per heavy atom. The van der Waals surface area contributed by atoms with E-state index < -0.39 is 0 Å². The topological polar surface area (TPSA) is 44.5 Å². The van der Waals surface area contributed by atoms with Gasteiger partial charge in [0.05, 0.1) is 6.33 Å². The Hall–Kier alpha value is -1.69. The summed E-state index contributed by atoms with van der Waals surface area (Å²) in [5.41, 5.74) is 2.48. The Morgan fingerprint density at radius 1 is 0.926 bits per heavy atom. The van der Waals surface area contributed by atoms with Gasteiger partial charge in [0.2, 0.25) is 0 Å². The second-order valence-corrected chi connectivity index (χ2v) is 8.25. The van der Waals surface area contributed by atoms with E-state index in [1.54, 1.807) is 6.20 Å². The maximum atomic E-state index is 9.89. The zero-order chi connectivity index (χ0) is 18.5. The van der Waals surface area contributed by atoms with Crippen LogP contribution in [-0.4, -0.2) is 63.8 Å². The standard InChI is InChI=1S/C22H32N4O/c27-17-21-16-25(15-20(21)14-24-10-3-1-2-4-11-24)13-19-5-7-22(8-6-19)26-12-9-23-18-26/h5-9,12,18,20-21,27H,1-4,10-11,13-17H2/t20-,21-/m1/s1. The highest BCUT2D eigenvalue weighted by molar-refractivity contribution is 5.34. The molecule has 1 N–H and O–H groups in total. The van der Waals surface area contributed by atoms with Crippen LogP contribution in [-0.2, 0) is 6.54 Å². The molecule has 2 atom stereocenters. The number of nitrogens with zero attached hydrogens (tertiary/aromatic N) is 4. The summed E-state index contributed by atoms with van der Waals surface area (Å²) in [6, 6.07) is 8.74. The first kappa shape index (κ1) is 18.7. The normalized spacial score (nSPS) is 24.9. The molecule has 1 aromatic carbocycles. The van der Waals surface area contributed by atoms with Gasteiger partial charge in [0.15, 0.2) is 0 Å². The molecule has 0 radical (unpaired) electrons. The highest BCUT2D eigenvalue weighted by Crippen LogP contribution is 2.26. The number of imidazole rings is 1. The predicted octanol–water partition coefficient (Wildman–Crippen LogP) is 2.79. The van der Waals surface area contributed by atoms with E-state index >= 15 is 0 Å². The average Bonchev–Trinajstić information content (AvgIpc) is 3.28. The van der Waals surface area contributed by atoms with E-state index in [-0.39, 0.29) is 0 Å². The lowest BCUT2D eigenvalue weighted by Gasteiger charge is -2.26. The number of aliphatic hydroxyl groups is 1. The molecular formula is C22H32N4O. The van der Waals surface area contributed by atoms with Crippen molar-refractivity contribution in [3.8, 4) is 5.69 Å². The highest BCUT2D eigenvalue weighted by atomic mass is 16.3. The Bertz CT molecular complexity index is 677. The Morgan fingerprint density at radius 3 is 2.33 bits per heavy atom. The van der Waals surface area contributed by atoms with E-state index in [4.69, 9.17) is 0 Å². The van der Waals surface area contributed by atoms with E-state index in [9.17, 15) is 5.11 Å². The van der Waals surface area contributed by atoms with Crippen molar-refractivity contribution in [3.05, 3.63) is 48.5 Å². The van der Waals surface area contributed by atoms with Gasteiger partial charge in [-0.3, -0.25) is 4.90 Å². The molecule has 0 aliphatic carbocycles. The van der Waals surface area contributed by atoms with Gasteiger partial charge in [-0.2, -0.15) is 0 Å². The van der Waals surface area contributed by atoms with Crippen molar-refractivity contribution in [3.63, 3.8) is 0 Å². The zero-order valence-electron chi connectivity index (χ0n) is 16.2. The maximum absolute atomic E-state index is 9.89. The van der Waals surface area contributed by atoms with Crippen molar-refractivity contribution in [1.82, 2.24) is 19.4 Å². The molecule has 0 saturated carbocycles. The molecule has 2 fully saturated rings. The van der Waals surface area contributed by atoms with Crippen LogP contribution in [0.15, 0.2) is 43.0 Å². The Labute approximate surface area is 162 Å². The van der Waals surface area contributed by atoms with Gasteiger partial charge in [0.1, 0.15) is 0 Å². The van der Waals surface area contributed by atoms with Crippen LogP contribution in [0.2, 0.25) is 0 Å². The summed E-state index contributed by atoms with van der Waals surface area (Å²) in [4.78, 5) is 9.28. The summed E-state index contributed by atoms with van der Waals surface area (Å²) in [7, 11) is 0. The lowest BCUT2D eigenvalue weighted by atomic mass is 9.96. The largest absolute Gasteiger partial charge is 0.396 e. The third-order valence-electron chi connectivity index (χ3n) is 6.22. The first-order valence-corrected chi connectivity index (χ1v) is 10.4. The summed E-state index contributed by atoms with van der Waals surface area (Å²) in [5.74, 6) is 1.01. The van der Waals surface area contributed by atoms with Gasteiger partial charge in [0, 0.05) is 50.9 Å². The van der Waals surface area contributed by atoms with E-state index in [0.717, 1.165) is 31.9 Å². The van der Waals surface area contributed by atoms with Crippen molar-refractivity contribution >= 4 is 0 Å². The quantitative estimate of drug-likeness (QED) is 0.852. The maximum Gasteiger partial charge on any atom is 0.0991 e. The molecule has 0 bridgehead atoms. The summed E-state index contributed by atoms with van der Waals surface area (Å²) < 4.78 is 2.03. The van der Waals surface area contributed by atoms with Gasteiger partial charge < -0.3 is 14.6 Å². The Balaban J connectivity index is 1.34. The van der Waals surface area contributed by atoms with Crippen LogP contribution in [0.4, 0.5) is 0 Å². The van der Waals surface area contributed by atoms with Gasteiger partial charge in [-0.1, -0.05) is 25.0 Å². The second-order valence-electron chi connectivity index (χ2n) is 8.25. The number of hydrogen-bond acceptors (Lipinski definition) is 4. The fraction of sp³-hybridized carbons (Fsp3) is 0.591. The highest BCUT2D eigenvalue weighted by Gasteiger charge is 2.33. The minimum atomic E-state index is 0.314. The van der Waals surface area contributed by atoms with Crippen molar-refractivity contribution in [2.24, 2.45) is 11.8 Å². The number of benzene rings is 1. The smallest absolute Gasteiger partial charge is 0.0991 e. The predicted molar refractivity (Wildman–Crippen MR) is 108 cm³/mol. The third kappa shape index (κ3) is 4.78. The molecule has 2 aliphatic heterocycles. The molecule has 0 spiro atoms. The van der Waals surface area contributed by atoms with E-state index in [2.05, 4.69) is 39.0 Å². The molecule has 0 amide bonds. The molecule has 2 saturated heterocycles. The van der Waals surface area contributed by atoms with Crippen LogP contribution in [0, 0.1) is 11.8 Å². The van der Waals surface area contributed by atoms with Crippen molar-refractivity contribution < 1.29 is 5.11 Å². The lowest BCUT2D eigenvalue weighted by Crippen LogP contribution is -2.34. The first-order chi connectivity index (χ1) is 13.3. The molecule has 1 aromatic heterocycles. The summed E-state index contributed by atoms with van der Waals surface area (Å²) in [5, 5.41) is 9.89. The lowest BCUT2D eigenvalue weighted by molar-refractivity contribution is 0.165. The molecule has 3 heterocycles. The molecule has 4 rings (SSSR count). The van der Waals surface area contributed by atoms with E-state index in [1.165, 1.54) is 44.3 Å². The summed E-state index contributed by atoms with van der Waals surface area (Å²) in [6.07, 6.45) is 11.0. The monoisotopic (exact) mass is 368 g/mol. The number of aromatic nitrogens is 2. The molecule has 27 heavy (non-hydrogen) atoms. The van der Waals surface area contributed by atoms with Crippen molar-refractivity contribution in [2.75, 3.05) is 39.3 Å². The van der Waals surface area contributed by atoms with Gasteiger partial charge >= 0.3 is 0 Å². The van der Waals surface area contributed by atoms with Crippen LogP contribution in [0.25, 0.3) is 5.69 Å². The molecule has 2 aliphatic rings. The molecule has 2 aromatic rings. The van der Waals surface area contributed by atoms with Crippen LogP contribution < -0.4 is 0 Å². The first-order valence-electron chi connectivity index (χ1n) is 10.4. The van der Waals surface area contributed by atoms with Crippen LogP contribution in [0.1, 0.15) is 31.2 Å².